The Morgan fingerprint density at radius 1 is 0.971 bits per heavy atom. The zero-order valence-electron chi connectivity index (χ0n) is 19.7. The average molecular weight is 489 g/mol. The largest absolute Gasteiger partial charge is 0.494 e. The van der Waals surface area contributed by atoms with Crippen molar-refractivity contribution in [2.45, 2.75) is 31.6 Å². The number of ether oxygens (including phenoxy) is 3. The van der Waals surface area contributed by atoms with Crippen molar-refractivity contribution >= 4 is 15.9 Å². The molecule has 2 heterocycles. The normalized spacial score (nSPS) is 16.9. The van der Waals surface area contributed by atoms with Crippen molar-refractivity contribution in [1.82, 2.24) is 9.21 Å². The Bertz CT molecular complexity index is 1090. The molecule has 0 aliphatic carbocycles. The van der Waals surface area contributed by atoms with Gasteiger partial charge in [0.1, 0.15) is 5.75 Å². The number of hydrogen-bond acceptors (Lipinski definition) is 6. The molecule has 2 aliphatic heterocycles. The molecule has 0 aromatic heterocycles. The second-order valence-electron chi connectivity index (χ2n) is 8.91. The van der Waals surface area contributed by atoms with Crippen molar-refractivity contribution in [2.24, 2.45) is 5.92 Å². The molecule has 8 nitrogen and oxygen atoms in total. The summed E-state index contributed by atoms with van der Waals surface area (Å²) in [4.78, 5) is 14.8. The minimum absolute atomic E-state index is 0.110. The number of nitrogens with zero attached hydrogens (tertiary/aromatic N) is 2. The average Bonchev–Trinajstić information content (AvgIpc) is 3.09. The molecule has 0 N–H and O–H groups in total. The summed E-state index contributed by atoms with van der Waals surface area (Å²) in [6.45, 7) is 7.10. The van der Waals surface area contributed by atoms with Crippen LogP contribution in [0.25, 0.3) is 0 Å². The molecule has 184 valence electrons. The van der Waals surface area contributed by atoms with Crippen LogP contribution in [-0.4, -0.2) is 69.5 Å². The van der Waals surface area contributed by atoms with E-state index < -0.39 is 10.0 Å². The molecule has 0 atom stereocenters. The summed E-state index contributed by atoms with van der Waals surface area (Å²) in [5.74, 6) is 2.21. The van der Waals surface area contributed by atoms with Crippen molar-refractivity contribution in [3.63, 3.8) is 0 Å². The Hall–Kier alpha value is -2.78. The van der Waals surface area contributed by atoms with Gasteiger partial charge in [-0.15, -0.1) is 0 Å². The lowest BCUT2D eigenvalue weighted by Gasteiger charge is -2.34. The summed E-state index contributed by atoms with van der Waals surface area (Å²) in [6.07, 6.45) is 1.72. The van der Waals surface area contributed by atoms with E-state index in [-0.39, 0.29) is 23.9 Å². The number of carbonyl (C=O) groups excluding carboxylic acids is 1. The lowest BCUT2D eigenvalue weighted by atomic mass is 10.1. The first kappa shape index (κ1) is 24.3. The summed E-state index contributed by atoms with van der Waals surface area (Å²) in [5, 5.41) is 0. The highest BCUT2D eigenvalue weighted by atomic mass is 32.2. The van der Waals surface area contributed by atoms with Crippen molar-refractivity contribution < 1.29 is 27.4 Å². The van der Waals surface area contributed by atoms with E-state index in [2.05, 4.69) is 13.8 Å². The van der Waals surface area contributed by atoms with E-state index in [0.29, 0.717) is 55.9 Å². The van der Waals surface area contributed by atoms with Crippen LogP contribution in [0, 0.1) is 5.92 Å². The van der Waals surface area contributed by atoms with Gasteiger partial charge in [-0.2, -0.15) is 4.31 Å². The summed E-state index contributed by atoms with van der Waals surface area (Å²) < 4.78 is 44.7. The lowest BCUT2D eigenvalue weighted by Crippen LogP contribution is -2.50. The second kappa shape index (κ2) is 10.7. The zero-order chi connectivity index (χ0) is 24.1. The fourth-order valence-corrected chi connectivity index (χ4v) is 5.31. The van der Waals surface area contributed by atoms with Gasteiger partial charge in [-0.05, 0) is 48.7 Å². The fraction of sp³-hybridized carbons (Fsp3) is 0.480. The van der Waals surface area contributed by atoms with Crippen LogP contribution in [0.4, 0.5) is 0 Å². The number of sulfonamides is 1. The Morgan fingerprint density at radius 3 is 2.32 bits per heavy atom. The molecule has 1 amide bonds. The number of piperazine rings is 1. The highest BCUT2D eigenvalue weighted by Gasteiger charge is 2.31. The Balaban J connectivity index is 1.35. The minimum Gasteiger partial charge on any atom is -0.494 e. The lowest BCUT2D eigenvalue weighted by molar-refractivity contribution is 0.0698. The van der Waals surface area contributed by atoms with E-state index >= 15 is 0 Å². The SMILES string of the molecule is CC(C)CCOc1ccc(C(=O)N2CCN(S(=O)(=O)c3ccc4c(c3)OCCCO4)CC2)cc1. The van der Waals surface area contributed by atoms with E-state index in [9.17, 15) is 13.2 Å². The minimum atomic E-state index is -3.70. The van der Waals surface area contributed by atoms with Crippen LogP contribution < -0.4 is 14.2 Å². The molecule has 2 aliphatic rings. The topological polar surface area (TPSA) is 85.4 Å². The van der Waals surface area contributed by atoms with Crippen LogP contribution in [0.3, 0.4) is 0 Å². The van der Waals surface area contributed by atoms with Gasteiger partial charge >= 0.3 is 0 Å². The van der Waals surface area contributed by atoms with Gasteiger partial charge in [0.05, 0.1) is 24.7 Å². The third-order valence-corrected chi connectivity index (χ3v) is 7.84. The molecule has 2 aromatic rings. The second-order valence-corrected chi connectivity index (χ2v) is 10.8. The maximum Gasteiger partial charge on any atom is 0.253 e. The van der Waals surface area contributed by atoms with Crippen LogP contribution in [0.15, 0.2) is 47.4 Å². The molecular weight excluding hydrogens is 456 g/mol. The van der Waals surface area contributed by atoms with Gasteiger partial charge in [0.2, 0.25) is 10.0 Å². The molecule has 1 saturated heterocycles. The number of benzene rings is 2. The van der Waals surface area contributed by atoms with Crippen LogP contribution in [-0.2, 0) is 10.0 Å². The van der Waals surface area contributed by atoms with Crippen molar-refractivity contribution in [3.05, 3.63) is 48.0 Å². The highest BCUT2D eigenvalue weighted by molar-refractivity contribution is 7.89. The van der Waals surface area contributed by atoms with Crippen molar-refractivity contribution in [3.8, 4) is 17.2 Å². The van der Waals surface area contributed by atoms with Crippen molar-refractivity contribution in [2.75, 3.05) is 46.0 Å². The maximum atomic E-state index is 13.2. The molecular formula is C25H32N2O6S. The van der Waals surface area contributed by atoms with Gasteiger partial charge in [-0.25, -0.2) is 8.42 Å². The third kappa shape index (κ3) is 5.64. The smallest absolute Gasteiger partial charge is 0.253 e. The summed E-state index contributed by atoms with van der Waals surface area (Å²) >= 11 is 0. The molecule has 34 heavy (non-hydrogen) atoms. The molecule has 0 radical (unpaired) electrons. The number of amides is 1. The monoisotopic (exact) mass is 488 g/mol. The maximum absolute atomic E-state index is 13.2. The van der Waals surface area contributed by atoms with Crippen LogP contribution in [0.2, 0.25) is 0 Å². The van der Waals surface area contributed by atoms with Gasteiger partial charge in [-0.3, -0.25) is 4.79 Å². The molecule has 2 aromatic carbocycles. The highest BCUT2D eigenvalue weighted by Crippen LogP contribution is 2.33. The van der Waals surface area contributed by atoms with E-state index in [4.69, 9.17) is 14.2 Å². The number of fused-ring (bicyclic) bond motifs is 1. The Morgan fingerprint density at radius 2 is 1.65 bits per heavy atom. The van der Waals surface area contributed by atoms with Gasteiger partial charge in [0.25, 0.3) is 5.91 Å². The molecule has 0 spiro atoms. The van der Waals surface area contributed by atoms with Crippen LogP contribution >= 0.6 is 0 Å². The first-order chi connectivity index (χ1) is 16.3. The third-order valence-electron chi connectivity index (χ3n) is 5.95. The summed E-state index contributed by atoms with van der Waals surface area (Å²) in [6, 6.07) is 11.8. The molecule has 1 fully saturated rings. The van der Waals surface area contributed by atoms with E-state index in [1.807, 2.05) is 0 Å². The van der Waals surface area contributed by atoms with Gasteiger partial charge in [0.15, 0.2) is 11.5 Å². The molecule has 0 unspecified atom stereocenters. The van der Waals surface area contributed by atoms with Gasteiger partial charge in [0, 0.05) is 44.2 Å². The fourth-order valence-electron chi connectivity index (χ4n) is 3.87. The molecule has 0 saturated carbocycles. The number of rotatable bonds is 7. The van der Waals surface area contributed by atoms with E-state index in [1.165, 1.54) is 10.4 Å². The first-order valence-corrected chi connectivity index (χ1v) is 13.2. The predicted molar refractivity (Wildman–Crippen MR) is 128 cm³/mol. The van der Waals surface area contributed by atoms with Gasteiger partial charge < -0.3 is 19.1 Å². The summed E-state index contributed by atoms with van der Waals surface area (Å²) in [5.41, 5.74) is 0.565. The Kier molecular flexibility index (Phi) is 7.63. The summed E-state index contributed by atoms with van der Waals surface area (Å²) in [7, 11) is -3.70. The number of hydrogen-bond donors (Lipinski definition) is 0. The molecule has 4 rings (SSSR count). The predicted octanol–water partition coefficient (Wildman–Crippen LogP) is 3.42. The van der Waals surface area contributed by atoms with Crippen LogP contribution in [0.1, 0.15) is 37.0 Å². The molecule has 9 heteroatoms. The Labute approximate surface area is 201 Å². The first-order valence-electron chi connectivity index (χ1n) is 11.8. The standard InChI is InChI=1S/C25H32N2O6S/c1-19(2)10-17-31-21-6-4-20(5-7-21)25(28)26-11-13-27(14-12-26)34(29,30)22-8-9-23-24(18-22)33-16-3-15-32-23/h4-9,18-19H,3,10-17H2,1-2H3. The van der Waals surface area contributed by atoms with Crippen LogP contribution in [0.5, 0.6) is 17.2 Å². The van der Waals surface area contributed by atoms with Crippen molar-refractivity contribution in [1.29, 1.82) is 0 Å². The van der Waals surface area contributed by atoms with Gasteiger partial charge in [-0.1, -0.05) is 13.8 Å². The zero-order valence-corrected chi connectivity index (χ0v) is 20.6. The number of carbonyl (C=O) groups is 1. The quantitative estimate of drug-likeness (QED) is 0.594. The van der Waals surface area contributed by atoms with E-state index in [0.717, 1.165) is 18.6 Å². The van der Waals surface area contributed by atoms with E-state index in [1.54, 1.807) is 41.3 Å². The molecule has 0 bridgehead atoms.